The smallest absolute Gasteiger partial charge is 0.167 e. The molecule has 4 heteroatoms. The maximum absolute atomic E-state index is 12.7. The van der Waals surface area contributed by atoms with E-state index in [0.29, 0.717) is 35.3 Å². The van der Waals surface area contributed by atoms with Gasteiger partial charge in [-0.15, -0.1) is 0 Å². The summed E-state index contributed by atoms with van der Waals surface area (Å²) in [6, 6.07) is 5.38. The fourth-order valence-corrected chi connectivity index (χ4v) is 2.64. The topological polar surface area (TPSA) is 38.8 Å². The molecule has 0 aliphatic rings. The van der Waals surface area contributed by atoms with Crippen LogP contribution in [0.5, 0.6) is 11.5 Å². The Balaban J connectivity index is 2.68. The Morgan fingerprint density at radius 2 is 1.56 bits per heavy atom. The fraction of sp³-hybridized carbons (Fsp3) is 0.667. The Bertz CT molecular complexity index is 514. The second-order valence-corrected chi connectivity index (χ2v) is 7.45. The van der Waals surface area contributed by atoms with E-state index in [1.165, 1.54) is 0 Å². The van der Waals surface area contributed by atoms with Gasteiger partial charge in [0.1, 0.15) is 11.5 Å². The van der Waals surface area contributed by atoms with E-state index in [-0.39, 0.29) is 5.78 Å². The number of carbonyl (C=O) groups excluding carboxylic acids is 1. The lowest BCUT2D eigenvalue weighted by molar-refractivity contribution is 0.0958. The second kappa shape index (κ2) is 11.1. The van der Waals surface area contributed by atoms with Gasteiger partial charge in [0.15, 0.2) is 5.78 Å². The van der Waals surface area contributed by atoms with Crippen molar-refractivity contribution in [3.8, 4) is 11.5 Å². The summed E-state index contributed by atoms with van der Waals surface area (Å²) in [5, 5.41) is 0. The van der Waals surface area contributed by atoms with Crippen molar-refractivity contribution in [3.05, 3.63) is 23.8 Å². The molecule has 0 spiro atoms. The number of rotatable bonds is 12. The van der Waals surface area contributed by atoms with Crippen LogP contribution in [0.4, 0.5) is 0 Å². The molecule has 1 aromatic carbocycles. The third-order valence-electron chi connectivity index (χ3n) is 4.41. The average molecular weight is 350 g/mol. The van der Waals surface area contributed by atoms with Crippen molar-refractivity contribution in [1.82, 2.24) is 4.90 Å². The van der Waals surface area contributed by atoms with Gasteiger partial charge in [-0.2, -0.15) is 0 Å². The quantitative estimate of drug-likeness (QED) is 0.514. The average Bonchev–Trinajstić information content (AvgIpc) is 2.59. The maximum atomic E-state index is 12.7. The molecule has 0 radical (unpaired) electrons. The maximum Gasteiger partial charge on any atom is 0.167 e. The number of benzene rings is 1. The van der Waals surface area contributed by atoms with Gasteiger partial charge in [0.25, 0.3) is 0 Å². The van der Waals surface area contributed by atoms with Crippen LogP contribution in [0.1, 0.15) is 57.3 Å². The van der Waals surface area contributed by atoms with Crippen molar-refractivity contribution < 1.29 is 14.3 Å². The zero-order chi connectivity index (χ0) is 18.8. The predicted molar refractivity (Wildman–Crippen MR) is 104 cm³/mol. The molecule has 142 valence electrons. The summed E-state index contributed by atoms with van der Waals surface area (Å²) < 4.78 is 10.6. The molecular weight excluding hydrogens is 314 g/mol. The SMILES string of the molecule is COc1ccc(C(=O)CCN(CCC(C)C)CCC(C)C)c(OC)c1. The Kier molecular flexibility index (Phi) is 9.58. The molecule has 4 nitrogen and oxygen atoms in total. The molecule has 0 saturated carbocycles. The van der Waals surface area contributed by atoms with Crippen molar-refractivity contribution in [2.75, 3.05) is 33.9 Å². The second-order valence-electron chi connectivity index (χ2n) is 7.45. The molecule has 1 aromatic rings. The Hall–Kier alpha value is -1.55. The van der Waals surface area contributed by atoms with E-state index < -0.39 is 0 Å². The molecule has 0 atom stereocenters. The van der Waals surface area contributed by atoms with E-state index in [1.807, 2.05) is 6.07 Å². The number of ketones is 1. The molecule has 0 heterocycles. The molecule has 0 unspecified atom stereocenters. The van der Waals surface area contributed by atoms with Gasteiger partial charge in [-0.05, 0) is 49.9 Å². The molecule has 25 heavy (non-hydrogen) atoms. The number of nitrogens with zero attached hydrogens (tertiary/aromatic N) is 1. The number of carbonyl (C=O) groups is 1. The van der Waals surface area contributed by atoms with Crippen LogP contribution in [0.15, 0.2) is 18.2 Å². The highest BCUT2D eigenvalue weighted by Crippen LogP contribution is 2.25. The van der Waals surface area contributed by atoms with Gasteiger partial charge in [-0.1, -0.05) is 27.7 Å². The highest BCUT2D eigenvalue weighted by molar-refractivity contribution is 5.99. The van der Waals surface area contributed by atoms with Crippen LogP contribution in [-0.2, 0) is 0 Å². The van der Waals surface area contributed by atoms with Gasteiger partial charge >= 0.3 is 0 Å². The summed E-state index contributed by atoms with van der Waals surface area (Å²) >= 11 is 0. The van der Waals surface area contributed by atoms with Crippen LogP contribution in [0, 0.1) is 11.8 Å². The first-order valence-electron chi connectivity index (χ1n) is 9.35. The van der Waals surface area contributed by atoms with Crippen molar-refractivity contribution in [1.29, 1.82) is 0 Å². The normalized spacial score (nSPS) is 11.4. The standard InChI is InChI=1S/C21H35NO3/c1-16(2)9-12-22(13-10-17(3)4)14-11-20(23)19-8-7-18(24-5)15-21(19)25-6/h7-8,15-17H,9-14H2,1-6H3. The minimum absolute atomic E-state index is 0.124. The van der Waals surface area contributed by atoms with Crippen molar-refractivity contribution in [2.24, 2.45) is 11.8 Å². The Morgan fingerprint density at radius 1 is 0.960 bits per heavy atom. The molecule has 1 rings (SSSR count). The summed E-state index contributed by atoms with van der Waals surface area (Å²) in [7, 11) is 3.20. The van der Waals surface area contributed by atoms with E-state index in [1.54, 1.807) is 26.4 Å². The van der Waals surface area contributed by atoms with E-state index in [2.05, 4.69) is 32.6 Å². The van der Waals surface area contributed by atoms with Gasteiger partial charge in [-0.25, -0.2) is 0 Å². The summed E-state index contributed by atoms with van der Waals surface area (Å²) in [6.07, 6.45) is 2.84. The first kappa shape index (κ1) is 21.5. The van der Waals surface area contributed by atoms with Crippen LogP contribution >= 0.6 is 0 Å². The third kappa shape index (κ3) is 7.91. The van der Waals surface area contributed by atoms with Crippen LogP contribution in [0.3, 0.4) is 0 Å². The number of Topliss-reactive ketones (excluding diaryl/α,β-unsaturated/α-hetero) is 1. The molecule has 0 amide bonds. The van der Waals surface area contributed by atoms with Gasteiger partial charge < -0.3 is 14.4 Å². The number of hydrogen-bond acceptors (Lipinski definition) is 4. The Morgan fingerprint density at radius 3 is 2.04 bits per heavy atom. The van der Waals surface area contributed by atoms with Crippen molar-refractivity contribution in [3.63, 3.8) is 0 Å². The van der Waals surface area contributed by atoms with E-state index in [4.69, 9.17) is 9.47 Å². The molecular formula is C21H35NO3. The van der Waals surface area contributed by atoms with Crippen LogP contribution in [0.2, 0.25) is 0 Å². The van der Waals surface area contributed by atoms with Crippen LogP contribution < -0.4 is 9.47 Å². The molecule has 0 N–H and O–H groups in total. The molecule has 0 aliphatic heterocycles. The first-order chi connectivity index (χ1) is 11.9. The first-order valence-corrected chi connectivity index (χ1v) is 9.35. The summed E-state index contributed by atoms with van der Waals surface area (Å²) in [5.74, 6) is 2.76. The predicted octanol–water partition coefficient (Wildman–Crippen LogP) is 4.67. The molecule has 0 bridgehead atoms. The highest BCUT2D eigenvalue weighted by Gasteiger charge is 2.15. The molecule has 0 aromatic heterocycles. The molecule has 0 saturated heterocycles. The minimum atomic E-state index is 0.124. The lowest BCUT2D eigenvalue weighted by Crippen LogP contribution is -2.30. The van der Waals surface area contributed by atoms with Crippen molar-refractivity contribution >= 4 is 5.78 Å². The van der Waals surface area contributed by atoms with E-state index in [0.717, 1.165) is 32.5 Å². The molecule has 0 aliphatic carbocycles. The lowest BCUT2D eigenvalue weighted by atomic mass is 10.1. The fourth-order valence-electron chi connectivity index (χ4n) is 2.64. The summed E-state index contributed by atoms with van der Waals surface area (Å²) in [5.41, 5.74) is 0.635. The van der Waals surface area contributed by atoms with Gasteiger partial charge in [0.05, 0.1) is 19.8 Å². The third-order valence-corrected chi connectivity index (χ3v) is 4.41. The van der Waals surface area contributed by atoms with Gasteiger partial charge in [0.2, 0.25) is 0 Å². The minimum Gasteiger partial charge on any atom is -0.497 e. The van der Waals surface area contributed by atoms with E-state index >= 15 is 0 Å². The van der Waals surface area contributed by atoms with Gasteiger partial charge in [-0.3, -0.25) is 4.79 Å². The zero-order valence-corrected chi connectivity index (χ0v) is 16.8. The summed E-state index contributed by atoms with van der Waals surface area (Å²) in [6.45, 7) is 11.9. The zero-order valence-electron chi connectivity index (χ0n) is 16.8. The number of ether oxygens (including phenoxy) is 2. The van der Waals surface area contributed by atoms with E-state index in [9.17, 15) is 4.79 Å². The summed E-state index contributed by atoms with van der Waals surface area (Å²) in [4.78, 5) is 15.1. The molecule has 0 fully saturated rings. The number of hydrogen-bond donors (Lipinski definition) is 0. The number of methoxy groups -OCH3 is 2. The van der Waals surface area contributed by atoms with Crippen molar-refractivity contribution in [2.45, 2.75) is 47.0 Å². The monoisotopic (exact) mass is 349 g/mol. The van der Waals surface area contributed by atoms with Gasteiger partial charge in [0, 0.05) is 19.0 Å². The van der Waals surface area contributed by atoms with Crippen LogP contribution in [0.25, 0.3) is 0 Å². The van der Waals surface area contributed by atoms with Crippen LogP contribution in [-0.4, -0.2) is 44.5 Å². The Labute approximate surface area is 153 Å². The highest BCUT2D eigenvalue weighted by atomic mass is 16.5. The largest absolute Gasteiger partial charge is 0.497 e. The lowest BCUT2D eigenvalue weighted by Gasteiger charge is -2.24.